The predicted octanol–water partition coefficient (Wildman–Crippen LogP) is 4.17. The summed E-state index contributed by atoms with van der Waals surface area (Å²) in [4.78, 5) is 14.3. The Morgan fingerprint density at radius 3 is 2.57 bits per heavy atom. The van der Waals surface area contributed by atoms with Gasteiger partial charge in [0.1, 0.15) is 10.6 Å². The predicted molar refractivity (Wildman–Crippen MR) is 93.7 cm³/mol. The van der Waals surface area contributed by atoms with E-state index in [9.17, 15) is 0 Å². The summed E-state index contributed by atoms with van der Waals surface area (Å²) in [6.07, 6.45) is 1.05. The standard InChI is InChI=1S/C16H26N4S/c1-6-12-9-13-14(20(8-3)10-11(4)5)18-16(17-7-2)19-15(13)21-12/h9,11H,6-8,10H2,1-5H3,(H,17,18,19). The quantitative estimate of drug-likeness (QED) is 0.833. The van der Waals surface area contributed by atoms with Gasteiger partial charge in [-0.2, -0.15) is 4.98 Å². The molecule has 0 unspecified atom stereocenters. The smallest absolute Gasteiger partial charge is 0.226 e. The van der Waals surface area contributed by atoms with Gasteiger partial charge >= 0.3 is 0 Å². The molecule has 0 atom stereocenters. The van der Waals surface area contributed by atoms with Crippen LogP contribution in [0.2, 0.25) is 0 Å². The van der Waals surface area contributed by atoms with Crippen molar-refractivity contribution in [2.24, 2.45) is 5.92 Å². The van der Waals surface area contributed by atoms with Crippen LogP contribution in [-0.4, -0.2) is 29.6 Å². The number of thiophene rings is 1. The number of hydrogen-bond donors (Lipinski definition) is 1. The molecule has 2 heterocycles. The molecule has 4 nitrogen and oxygen atoms in total. The molecule has 21 heavy (non-hydrogen) atoms. The van der Waals surface area contributed by atoms with Gasteiger partial charge in [-0.25, -0.2) is 4.98 Å². The Balaban J connectivity index is 2.53. The Morgan fingerprint density at radius 1 is 1.24 bits per heavy atom. The van der Waals surface area contributed by atoms with Crippen molar-refractivity contribution in [3.05, 3.63) is 10.9 Å². The van der Waals surface area contributed by atoms with Gasteiger partial charge in [0.25, 0.3) is 0 Å². The SMILES string of the molecule is CCNc1nc(N(CC)CC(C)C)c2cc(CC)sc2n1. The summed E-state index contributed by atoms with van der Waals surface area (Å²) in [7, 11) is 0. The van der Waals surface area contributed by atoms with Gasteiger partial charge in [-0.1, -0.05) is 20.8 Å². The Bertz CT molecular complexity index is 591. The lowest BCUT2D eigenvalue weighted by atomic mass is 10.2. The summed E-state index contributed by atoms with van der Waals surface area (Å²) in [5.41, 5.74) is 0. The van der Waals surface area contributed by atoms with Crippen LogP contribution in [0.4, 0.5) is 11.8 Å². The average molecular weight is 306 g/mol. The van der Waals surface area contributed by atoms with E-state index in [1.807, 2.05) is 0 Å². The molecule has 0 aliphatic carbocycles. The van der Waals surface area contributed by atoms with Gasteiger partial charge in [-0.05, 0) is 32.3 Å². The Kier molecular flexibility index (Phi) is 5.39. The van der Waals surface area contributed by atoms with Crippen LogP contribution in [0.5, 0.6) is 0 Å². The van der Waals surface area contributed by atoms with E-state index in [0.717, 1.165) is 42.7 Å². The minimum absolute atomic E-state index is 0.613. The fourth-order valence-corrected chi connectivity index (χ4v) is 3.38. The van der Waals surface area contributed by atoms with Crippen molar-refractivity contribution in [1.29, 1.82) is 0 Å². The van der Waals surface area contributed by atoms with Crippen molar-refractivity contribution in [3.8, 4) is 0 Å². The summed E-state index contributed by atoms with van der Waals surface area (Å²) < 4.78 is 0. The molecule has 0 saturated heterocycles. The van der Waals surface area contributed by atoms with Crippen LogP contribution in [-0.2, 0) is 6.42 Å². The fourth-order valence-electron chi connectivity index (χ4n) is 2.41. The molecule has 0 amide bonds. The molecular formula is C16H26N4S. The first-order valence-electron chi connectivity index (χ1n) is 7.88. The maximum Gasteiger partial charge on any atom is 0.226 e. The first-order chi connectivity index (χ1) is 10.1. The number of anilines is 2. The van der Waals surface area contributed by atoms with Crippen LogP contribution in [0.25, 0.3) is 10.2 Å². The monoisotopic (exact) mass is 306 g/mol. The van der Waals surface area contributed by atoms with Gasteiger partial charge in [-0.3, -0.25) is 0 Å². The van der Waals surface area contributed by atoms with Crippen LogP contribution in [0.15, 0.2) is 6.07 Å². The molecule has 2 rings (SSSR count). The van der Waals surface area contributed by atoms with Crippen LogP contribution in [0, 0.1) is 5.92 Å². The molecular weight excluding hydrogens is 280 g/mol. The van der Waals surface area contributed by atoms with Crippen LogP contribution in [0.3, 0.4) is 0 Å². The highest BCUT2D eigenvalue weighted by Gasteiger charge is 2.16. The number of rotatable bonds is 7. The van der Waals surface area contributed by atoms with Gasteiger partial charge in [-0.15, -0.1) is 11.3 Å². The van der Waals surface area contributed by atoms with Crippen molar-refractivity contribution < 1.29 is 0 Å². The van der Waals surface area contributed by atoms with Gasteiger partial charge in [0, 0.05) is 24.5 Å². The van der Waals surface area contributed by atoms with E-state index in [-0.39, 0.29) is 0 Å². The molecule has 0 fully saturated rings. The molecule has 5 heteroatoms. The highest BCUT2D eigenvalue weighted by Crippen LogP contribution is 2.32. The van der Waals surface area contributed by atoms with Gasteiger partial charge in [0.05, 0.1) is 5.39 Å². The van der Waals surface area contributed by atoms with E-state index in [0.29, 0.717) is 5.92 Å². The van der Waals surface area contributed by atoms with Crippen molar-refractivity contribution in [1.82, 2.24) is 9.97 Å². The fraction of sp³-hybridized carbons (Fsp3) is 0.625. The number of aromatic nitrogens is 2. The zero-order valence-corrected chi connectivity index (χ0v) is 14.5. The van der Waals surface area contributed by atoms with E-state index in [4.69, 9.17) is 4.98 Å². The topological polar surface area (TPSA) is 41.1 Å². The lowest BCUT2D eigenvalue weighted by molar-refractivity contribution is 0.616. The minimum Gasteiger partial charge on any atom is -0.356 e. The first kappa shape index (κ1) is 16.0. The maximum absolute atomic E-state index is 4.77. The van der Waals surface area contributed by atoms with Crippen molar-refractivity contribution in [3.63, 3.8) is 0 Å². The van der Waals surface area contributed by atoms with Gasteiger partial charge in [0.2, 0.25) is 5.95 Å². The van der Waals surface area contributed by atoms with Gasteiger partial charge in [0.15, 0.2) is 0 Å². The second-order valence-corrected chi connectivity index (χ2v) is 6.73. The second kappa shape index (κ2) is 7.07. The molecule has 0 bridgehead atoms. The summed E-state index contributed by atoms with van der Waals surface area (Å²) in [6.45, 7) is 13.8. The van der Waals surface area contributed by atoms with Gasteiger partial charge < -0.3 is 10.2 Å². The average Bonchev–Trinajstić information content (AvgIpc) is 2.87. The highest BCUT2D eigenvalue weighted by atomic mass is 32.1. The van der Waals surface area contributed by atoms with E-state index < -0.39 is 0 Å². The summed E-state index contributed by atoms with van der Waals surface area (Å²) in [6, 6.07) is 2.26. The van der Waals surface area contributed by atoms with E-state index in [1.54, 1.807) is 11.3 Å². The molecule has 0 aliphatic rings. The summed E-state index contributed by atoms with van der Waals surface area (Å²) >= 11 is 1.78. The molecule has 2 aromatic heterocycles. The van der Waals surface area contributed by atoms with Crippen molar-refractivity contribution >= 4 is 33.3 Å². The molecule has 0 aliphatic heterocycles. The minimum atomic E-state index is 0.613. The Labute approximate surface area is 131 Å². The first-order valence-corrected chi connectivity index (χ1v) is 8.69. The Hall–Kier alpha value is -1.36. The number of aryl methyl sites for hydroxylation is 1. The van der Waals surface area contributed by atoms with Crippen molar-refractivity contribution in [2.45, 2.75) is 41.0 Å². The molecule has 2 aromatic rings. The highest BCUT2D eigenvalue weighted by molar-refractivity contribution is 7.18. The lowest BCUT2D eigenvalue weighted by Crippen LogP contribution is -2.28. The van der Waals surface area contributed by atoms with Crippen molar-refractivity contribution in [2.75, 3.05) is 29.9 Å². The molecule has 0 aromatic carbocycles. The molecule has 0 saturated carbocycles. The van der Waals surface area contributed by atoms with Crippen LogP contribution < -0.4 is 10.2 Å². The molecule has 0 radical (unpaired) electrons. The second-order valence-electron chi connectivity index (χ2n) is 5.62. The molecule has 0 spiro atoms. The molecule has 1 N–H and O–H groups in total. The zero-order valence-electron chi connectivity index (χ0n) is 13.7. The van der Waals surface area contributed by atoms with E-state index in [1.165, 1.54) is 10.3 Å². The summed E-state index contributed by atoms with van der Waals surface area (Å²) in [5, 5.41) is 4.45. The normalized spacial score (nSPS) is 11.3. The third-order valence-corrected chi connectivity index (χ3v) is 4.55. The number of hydrogen-bond acceptors (Lipinski definition) is 5. The maximum atomic E-state index is 4.77. The number of nitrogens with zero attached hydrogens (tertiary/aromatic N) is 3. The largest absolute Gasteiger partial charge is 0.356 e. The third kappa shape index (κ3) is 3.64. The summed E-state index contributed by atoms with van der Waals surface area (Å²) in [5.74, 6) is 2.43. The van der Waals surface area contributed by atoms with E-state index >= 15 is 0 Å². The number of fused-ring (bicyclic) bond motifs is 1. The Morgan fingerprint density at radius 2 is 2.00 bits per heavy atom. The lowest BCUT2D eigenvalue weighted by Gasteiger charge is -2.25. The number of nitrogens with one attached hydrogen (secondary N) is 1. The third-order valence-electron chi connectivity index (χ3n) is 3.37. The van der Waals surface area contributed by atoms with E-state index in [2.05, 4.69) is 55.9 Å². The van der Waals surface area contributed by atoms with Crippen LogP contribution >= 0.6 is 11.3 Å². The molecule has 116 valence electrons. The van der Waals surface area contributed by atoms with Crippen LogP contribution in [0.1, 0.15) is 39.5 Å². The zero-order chi connectivity index (χ0) is 15.4.